The summed E-state index contributed by atoms with van der Waals surface area (Å²) in [6.45, 7) is -0.677. The van der Waals surface area contributed by atoms with Gasteiger partial charge in [-0.25, -0.2) is 9.07 Å². The van der Waals surface area contributed by atoms with E-state index < -0.39 is 6.61 Å². The fourth-order valence-electron chi connectivity index (χ4n) is 3.03. The maximum absolute atomic E-state index is 13.2. The number of carbonyl (C=O) groups is 1. The summed E-state index contributed by atoms with van der Waals surface area (Å²) in [4.78, 5) is 14.5. The van der Waals surface area contributed by atoms with Gasteiger partial charge in [0, 0.05) is 13.6 Å². The molecule has 0 aliphatic heterocycles. The number of hydrogen-bond donors (Lipinski definition) is 0. The molecular formula is C21H20F3N3O2. The van der Waals surface area contributed by atoms with Crippen molar-refractivity contribution < 1.29 is 22.7 Å². The first-order valence-electron chi connectivity index (χ1n) is 9.01. The molecule has 0 aliphatic carbocycles. The molecule has 1 aromatic heterocycles. The molecule has 8 heteroatoms. The number of ether oxygens (including phenoxy) is 1. The van der Waals surface area contributed by atoms with Crippen LogP contribution >= 0.6 is 0 Å². The van der Waals surface area contributed by atoms with Crippen LogP contribution in [0.2, 0.25) is 0 Å². The van der Waals surface area contributed by atoms with E-state index in [4.69, 9.17) is 0 Å². The average molecular weight is 403 g/mol. The summed E-state index contributed by atoms with van der Waals surface area (Å²) in [6, 6.07) is 12.0. The Morgan fingerprint density at radius 3 is 2.38 bits per heavy atom. The Morgan fingerprint density at radius 2 is 1.79 bits per heavy atom. The molecular weight excluding hydrogens is 383 g/mol. The second-order valence-electron chi connectivity index (χ2n) is 6.43. The van der Waals surface area contributed by atoms with Gasteiger partial charge in [0.2, 0.25) is 0 Å². The first-order chi connectivity index (χ1) is 13.9. The first kappa shape index (κ1) is 20.4. The standard InChI is InChI=1S/C21H20F3N3O2/c1-3-19-18(12-25-27(19)16-8-6-15(22)7-9-16)20(28)26(2)13-14-4-10-17(11-5-14)29-21(23)24/h4-12,21H,3,13H2,1-2H3. The predicted octanol–water partition coefficient (Wildman–Crippen LogP) is 4.45. The number of carbonyl (C=O) groups excluding carboxylic acids is 1. The Kier molecular flexibility index (Phi) is 6.21. The van der Waals surface area contributed by atoms with Crippen molar-refractivity contribution in [3.8, 4) is 11.4 Å². The monoisotopic (exact) mass is 403 g/mol. The molecule has 0 radical (unpaired) electrons. The highest BCUT2D eigenvalue weighted by Crippen LogP contribution is 2.20. The highest BCUT2D eigenvalue weighted by atomic mass is 19.3. The van der Waals surface area contributed by atoms with Gasteiger partial charge in [-0.05, 0) is 48.4 Å². The number of nitrogens with zero attached hydrogens (tertiary/aromatic N) is 3. The summed E-state index contributed by atoms with van der Waals surface area (Å²) < 4.78 is 43.6. The zero-order valence-electron chi connectivity index (χ0n) is 16.0. The molecule has 0 bridgehead atoms. The maximum Gasteiger partial charge on any atom is 0.387 e. The topological polar surface area (TPSA) is 47.4 Å². The zero-order valence-corrected chi connectivity index (χ0v) is 16.0. The Morgan fingerprint density at radius 1 is 1.14 bits per heavy atom. The lowest BCUT2D eigenvalue weighted by molar-refractivity contribution is -0.0498. The van der Waals surface area contributed by atoms with Gasteiger partial charge in [-0.15, -0.1) is 0 Å². The average Bonchev–Trinajstić information content (AvgIpc) is 3.13. The normalized spacial score (nSPS) is 11.0. The molecule has 2 aromatic carbocycles. The van der Waals surface area contributed by atoms with Gasteiger partial charge in [-0.1, -0.05) is 19.1 Å². The van der Waals surface area contributed by atoms with E-state index in [-0.39, 0.29) is 17.5 Å². The number of amides is 1. The van der Waals surface area contributed by atoms with Crippen LogP contribution in [0.5, 0.6) is 5.75 Å². The van der Waals surface area contributed by atoms with Crippen LogP contribution in [-0.2, 0) is 13.0 Å². The van der Waals surface area contributed by atoms with Crippen molar-refractivity contribution in [2.45, 2.75) is 26.5 Å². The fourth-order valence-corrected chi connectivity index (χ4v) is 3.03. The number of hydrogen-bond acceptors (Lipinski definition) is 3. The largest absolute Gasteiger partial charge is 0.435 e. The molecule has 29 heavy (non-hydrogen) atoms. The molecule has 0 spiro atoms. The summed E-state index contributed by atoms with van der Waals surface area (Å²) >= 11 is 0. The highest BCUT2D eigenvalue weighted by Gasteiger charge is 2.20. The molecule has 3 rings (SSSR count). The molecule has 0 unspecified atom stereocenters. The van der Waals surface area contributed by atoms with Gasteiger partial charge in [0.05, 0.1) is 23.1 Å². The van der Waals surface area contributed by atoms with Crippen LogP contribution in [0.1, 0.15) is 28.5 Å². The minimum Gasteiger partial charge on any atom is -0.435 e. The van der Waals surface area contributed by atoms with E-state index in [0.717, 1.165) is 5.56 Å². The molecule has 1 amide bonds. The Balaban J connectivity index is 1.76. The molecule has 0 N–H and O–H groups in total. The third-order valence-corrected chi connectivity index (χ3v) is 4.42. The van der Waals surface area contributed by atoms with Crippen molar-refractivity contribution in [3.63, 3.8) is 0 Å². The van der Waals surface area contributed by atoms with E-state index in [9.17, 15) is 18.0 Å². The van der Waals surface area contributed by atoms with Crippen molar-refractivity contribution in [3.05, 3.63) is 77.4 Å². The van der Waals surface area contributed by atoms with Crippen molar-refractivity contribution in [1.82, 2.24) is 14.7 Å². The second kappa shape index (κ2) is 8.81. The summed E-state index contributed by atoms with van der Waals surface area (Å²) in [6.07, 6.45) is 2.06. The predicted molar refractivity (Wildman–Crippen MR) is 102 cm³/mol. The highest BCUT2D eigenvalue weighted by molar-refractivity contribution is 5.95. The van der Waals surface area contributed by atoms with Crippen LogP contribution in [0.4, 0.5) is 13.2 Å². The van der Waals surface area contributed by atoms with Gasteiger partial charge >= 0.3 is 6.61 Å². The van der Waals surface area contributed by atoms with E-state index in [2.05, 4.69) is 9.84 Å². The molecule has 152 valence electrons. The molecule has 5 nitrogen and oxygen atoms in total. The number of aromatic nitrogens is 2. The maximum atomic E-state index is 13.2. The third-order valence-electron chi connectivity index (χ3n) is 4.42. The van der Waals surface area contributed by atoms with E-state index in [1.165, 1.54) is 35.4 Å². The minimum atomic E-state index is -2.88. The summed E-state index contributed by atoms with van der Waals surface area (Å²) in [7, 11) is 1.65. The van der Waals surface area contributed by atoms with E-state index in [1.54, 1.807) is 36.0 Å². The molecule has 0 fully saturated rings. The van der Waals surface area contributed by atoms with Gasteiger partial charge in [-0.3, -0.25) is 4.79 Å². The number of rotatable bonds is 7. The molecule has 0 saturated heterocycles. The lowest BCUT2D eigenvalue weighted by Gasteiger charge is -2.18. The second-order valence-corrected chi connectivity index (χ2v) is 6.43. The Labute approximate surface area is 166 Å². The number of benzene rings is 2. The molecule has 1 heterocycles. The van der Waals surface area contributed by atoms with Gasteiger partial charge in [-0.2, -0.15) is 13.9 Å². The van der Waals surface area contributed by atoms with Crippen LogP contribution in [0.3, 0.4) is 0 Å². The van der Waals surface area contributed by atoms with Crippen LogP contribution in [0, 0.1) is 5.82 Å². The van der Waals surface area contributed by atoms with Crippen LogP contribution in [0.15, 0.2) is 54.7 Å². The Hall–Kier alpha value is -3.29. The van der Waals surface area contributed by atoms with E-state index in [1.807, 2.05) is 6.92 Å². The van der Waals surface area contributed by atoms with Crippen molar-refractivity contribution in [2.24, 2.45) is 0 Å². The van der Waals surface area contributed by atoms with E-state index in [0.29, 0.717) is 29.9 Å². The Bertz CT molecular complexity index is 970. The van der Waals surface area contributed by atoms with Crippen LogP contribution in [0.25, 0.3) is 5.69 Å². The van der Waals surface area contributed by atoms with Crippen molar-refractivity contribution >= 4 is 5.91 Å². The molecule has 0 saturated carbocycles. The van der Waals surface area contributed by atoms with Gasteiger partial charge in [0.15, 0.2) is 0 Å². The lowest BCUT2D eigenvalue weighted by atomic mass is 10.1. The van der Waals surface area contributed by atoms with Gasteiger partial charge < -0.3 is 9.64 Å². The summed E-state index contributed by atoms with van der Waals surface area (Å²) in [5.74, 6) is -0.505. The van der Waals surface area contributed by atoms with Gasteiger partial charge in [0.25, 0.3) is 5.91 Å². The third kappa shape index (κ3) is 4.77. The van der Waals surface area contributed by atoms with Crippen molar-refractivity contribution in [2.75, 3.05) is 7.05 Å². The molecule has 0 atom stereocenters. The molecule has 3 aromatic rings. The summed E-state index contributed by atoms with van der Waals surface area (Å²) in [5.41, 5.74) is 2.61. The van der Waals surface area contributed by atoms with E-state index >= 15 is 0 Å². The fraction of sp³-hybridized carbons (Fsp3) is 0.238. The van der Waals surface area contributed by atoms with Crippen LogP contribution < -0.4 is 4.74 Å². The van der Waals surface area contributed by atoms with Crippen LogP contribution in [-0.4, -0.2) is 34.2 Å². The first-order valence-corrected chi connectivity index (χ1v) is 9.01. The minimum absolute atomic E-state index is 0.0616. The molecule has 0 aliphatic rings. The lowest BCUT2D eigenvalue weighted by Crippen LogP contribution is -2.27. The number of alkyl halides is 2. The van der Waals surface area contributed by atoms with Gasteiger partial charge in [0.1, 0.15) is 11.6 Å². The SMILES string of the molecule is CCc1c(C(=O)N(C)Cc2ccc(OC(F)F)cc2)cnn1-c1ccc(F)cc1. The zero-order chi connectivity index (χ0) is 21.0. The van der Waals surface area contributed by atoms with Crippen molar-refractivity contribution in [1.29, 1.82) is 0 Å². The summed E-state index contributed by atoms with van der Waals surface area (Å²) in [5, 5.41) is 4.30. The number of halogens is 3. The quantitative estimate of drug-likeness (QED) is 0.586. The smallest absolute Gasteiger partial charge is 0.387 e.